The molecule has 4 nitrogen and oxygen atoms in total. The number of aromatic amines is 1. The minimum Gasteiger partial charge on any atom is -0.389 e. The fourth-order valence-corrected chi connectivity index (χ4v) is 5.82. The van der Waals surface area contributed by atoms with Crippen molar-refractivity contribution in [3.05, 3.63) is 71.6 Å². The number of benzene rings is 2. The van der Waals surface area contributed by atoms with Gasteiger partial charge in [-0.1, -0.05) is 42.5 Å². The molecule has 32 heavy (non-hydrogen) atoms. The number of aryl methyl sites for hydroxylation is 2. The van der Waals surface area contributed by atoms with Crippen LogP contribution in [0.1, 0.15) is 49.1 Å². The van der Waals surface area contributed by atoms with Crippen LogP contribution in [0.3, 0.4) is 0 Å². The van der Waals surface area contributed by atoms with Crippen molar-refractivity contribution in [2.24, 2.45) is 11.8 Å². The molecule has 0 amide bonds. The molecule has 2 N–H and O–H groups in total. The third kappa shape index (κ3) is 4.26. The minimum atomic E-state index is -0.553. The lowest BCUT2D eigenvalue weighted by Crippen LogP contribution is -2.48. The van der Waals surface area contributed by atoms with Crippen LogP contribution in [0.2, 0.25) is 0 Å². The Hall–Kier alpha value is -2.43. The normalized spacial score (nSPS) is 24.9. The first kappa shape index (κ1) is 21.4. The molecule has 3 aliphatic rings. The highest BCUT2D eigenvalue weighted by Crippen LogP contribution is 2.51. The first-order chi connectivity index (χ1) is 15.5. The van der Waals surface area contributed by atoms with Gasteiger partial charge in [0, 0.05) is 18.9 Å². The summed E-state index contributed by atoms with van der Waals surface area (Å²) in [5.41, 5.74) is 5.81. The van der Waals surface area contributed by atoms with Gasteiger partial charge in [-0.25, -0.2) is 4.98 Å². The van der Waals surface area contributed by atoms with Crippen LogP contribution in [-0.2, 0) is 6.42 Å². The Balaban J connectivity index is 1.15. The van der Waals surface area contributed by atoms with E-state index in [0.29, 0.717) is 5.92 Å². The van der Waals surface area contributed by atoms with Crippen LogP contribution in [0.25, 0.3) is 16.6 Å². The fourth-order valence-electron chi connectivity index (χ4n) is 5.82. The molecular weight excluding hydrogens is 394 g/mol. The monoisotopic (exact) mass is 429 g/mol. The molecule has 1 heterocycles. The van der Waals surface area contributed by atoms with E-state index in [9.17, 15) is 5.11 Å². The Labute approximate surface area is 191 Å². The Morgan fingerprint density at radius 2 is 1.91 bits per heavy atom. The fraction of sp³-hybridized carbons (Fsp3) is 0.464. The predicted octanol–water partition coefficient (Wildman–Crippen LogP) is 5.37. The number of nitrogens with zero attached hydrogens (tertiary/aromatic N) is 2. The number of para-hydroxylation sites is 2. The van der Waals surface area contributed by atoms with Crippen LogP contribution < -0.4 is 0 Å². The van der Waals surface area contributed by atoms with Crippen molar-refractivity contribution in [1.82, 2.24) is 14.9 Å². The molecule has 1 saturated carbocycles. The van der Waals surface area contributed by atoms with Gasteiger partial charge in [0.2, 0.25) is 0 Å². The first-order valence-electron chi connectivity index (χ1n) is 12.1. The predicted molar refractivity (Wildman–Crippen MR) is 131 cm³/mol. The molecular formula is C28H35N3O. The van der Waals surface area contributed by atoms with Gasteiger partial charge < -0.3 is 15.0 Å². The maximum Gasteiger partial charge on any atom is 0.107 e. The van der Waals surface area contributed by atoms with Crippen LogP contribution in [0.5, 0.6) is 0 Å². The maximum atomic E-state index is 11.5. The summed E-state index contributed by atoms with van der Waals surface area (Å²) >= 11 is 0. The molecule has 2 aromatic carbocycles. The number of aromatic nitrogens is 2. The van der Waals surface area contributed by atoms with Crippen molar-refractivity contribution in [1.29, 1.82) is 0 Å². The van der Waals surface area contributed by atoms with Crippen molar-refractivity contribution < 1.29 is 5.11 Å². The van der Waals surface area contributed by atoms with Crippen LogP contribution in [0.4, 0.5) is 0 Å². The molecule has 0 spiro atoms. The molecule has 2 bridgehead atoms. The van der Waals surface area contributed by atoms with E-state index in [-0.39, 0.29) is 5.92 Å². The molecule has 0 unspecified atom stereocenters. The molecule has 1 aromatic heterocycles. The zero-order valence-electron chi connectivity index (χ0n) is 19.3. The minimum absolute atomic E-state index is 0.283. The Morgan fingerprint density at radius 1 is 1.09 bits per heavy atom. The van der Waals surface area contributed by atoms with Gasteiger partial charge in [-0.3, -0.25) is 0 Å². The number of rotatable bonds is 8. The molecule has 0 aliphatic heterocycles. The second kappa shape index (κ2) is 8.84. The average Bonchev–Trinajstić information content (AvgIpc) is 3.21. The van der Waals surface area contributed by atoms with Gasteiger partial charge in [0.15, 0.2) is 0 Å². The quantitative estimate of drug-likeness (QED) is 0.506. The van der Waals surface area contributed by atoms with E-state index in [0.717, 1.165) is 62.1 Å². The highest BCUT2D eigenvalue weighted by molar-refractivity contribution is 5.74. The summed E-state index contributed by atoms with van der Waals surface area (Å²) in [5.74, 6) is 1.84. The third-order valence-corrected chi connectivity index (χ3v) is 7.71. The second-order valence-corrected chi connectivity index (χ2v) is 9.98. The van der Waals surface area contributed by atoms with Crippen molar-refractivity contribution in [2.45, 2.75) is 51.0 Å². The summed E-state index contributed by atoms with van der Waals surface area (Å²) < 4.78 is 0. The number of aliphatic hydroxyl groups is 1. The Kier molecular flexibility index (Phi) is 5.92. The van der Waals surface area contributed by atoms with Crippen molar-refractivity contribution >= 4 is 16.6 Å². The van der Waals surface area contributed by atoms with Gasteiger partial charge in [0.05, 0.1) is 16.6 Å². The molecule has 3 aliphatic carbocycles. The van der Waals surface area contributed by atoms with Crippen LogP contribution >= 0.6 is 0 Å². The van der Waals surface area contributed by atoms with Gasteiger partial charge in [-0.15, -0.1) is 0 Å². The molecule has 0 saturated heterocycles. The summed E-state index contributed by atoms with van der Waals surface area (Å²) in [5, 5.41) is 11.5. The van der Waals surface area contributed by atoms with Gasteiger partial charge >= 0.3 is 0 Å². The summed E-state index contributed by atoms with van der Waals surface area (Å²) in [7, 11) is 2.18. The van der Waals surface area contributed by atoms with Crippen LogP contribution in [0.15, 0.2) is 54.6 Å². The Morgan fingerprint density at radius 3 is 2.69 bits per heavy atom. The van der Waals surface area contributed by atoms with Gasteiger partial charge in [0.25, 0.3) is 0 Å². The molecule has 1 fully saturated rings. The molecule has 168 valence electrons. The van der Waals surface area contributed by atoms with Gasteiger partial charge in [-0.05, 0) is 87.4 Å². The smallest absolute Gasteiger partial charge is 0.107 e. The third-order valence-electron chi connectivity index (χ3n) is 7.71. The van der Waals surface area contributed by atoms with E-state index in [1.54, 1.807) is 0 Å². The molecule has 3 aromatic rings. The van der Waals surface area contributed by atoms with Crippen LogP contribution in [-0.4, -0.2) is 45.7 Å². The number of imidazole rings is 1. The SMILES string of the molecule is Cc1ccccc1C1=C[C@@H]2CC[C@@H]1C[C@]2(O)CCN(C)CCCc1nc2ccccc2[nH]1. The Bertz CT molecular complexity index is 1080. The lowest BCUT2D eigenvalue weighted by atomic mass is 9.60. The number of H-pyrrole nitrogens is 1. The standard InChI is InChI=1S/C28H35N3O/c1-20-8-3-4-9-23(20)24-18-22-14-13-21(24)19-28(22,32)15-17-31(2)16-7-12-27-29-25-10-5-6-11-26(25)30-27/h3-6,8-11,18,21-22,32H,7,12-17,19H2,1-2H3,(H,29,30)/t21-,22+,28-/m1/s1. The van der Waals surface area contributed by atoms with Crippen LogP contribution in [0, 0.1) is 18.8 Å². The highest BCUT2D eigenvalue weighted by Gasteiger charge is 2.46. The summed E-state index contributed by atoms with van der Waals surface area (Å²) in [4.78, 5) is 10.5. The molecule has 0 radical (unpaired) electrons. The summed E-state index contributed by atoms with van der Waals surface area (Å²) in [6, 6.07) is 16.9. The molecule has 4 heteroatoms. The zero-order valence-corrected chi connectivity index (χ0v) is 19.3. The number of nitrogens with one attached hydrogen (secondary N) is 1. The van der Waals surface area contributed by atoms with E-state index in [2.05, 4.69) is 71.3 Å². The summed E-state index contributed by atoms with van der Waals surface area (Å²) in [6.45, 7) is 4.16. The second-order valence-electron chi connectivity index (χ2n) is 9.98. The number of allylic oxidation sites excluding steroid dienone is 1. The number of fused-ring (bicyclic) bond motifs is 3. The van der Waals surface area contributed by atoms with E-state index >= 15 is 0 Å². The van der Waals surface area contributed by atoms with Gasteiger partial charge in [-0.2, -0.15) is 0 Å². The zero-order chi connectivity index (χ0) is 22.1. The van der Waals surface area contributed by atoms with Crippen molar-refractivity contribution in [3.8, 4) is 0 Å². The highest BCUT2D eigenvalue weighted by atomic mass is 16.3. The summed E-state index contributed by atoms with van der Waals surface area (Å²) in [6.07, 6.45) is 8.51. The lowest BCUT2D eigenvalue weighted by molar-refractivity contribution is -0.0574. The maximum absolute atomic E-state index is 11.5. The van der Waals surface area contributed by atoms with Crippen molar-refractivity contribution in [2.75, 3.05) is 20.1 Å². The van der Waals surface area contributed by atoms with Crippen molar-refractivity contribution in [3.63, 3.8) is 0 Å². The number of hydrogen-bond acceptors (Lipinski definition) is 3. The lowest BCUT2D eigenvalue weighted by Gasteiger charge is -2.48. The topological polar surface area (TPSA) is 52.1 Å². The average molecular weight is 430 g/mol. The number of hydrogen-bond donors (Lipinski definition) is 2. The van der Waals surface area contributed by atoms with E-state index in [4.69, 9.17) is 0 Å². The first-order valence-corrected chi connectivity index (χ1v) is 12.1. The van der Waals surface area contributed by atoms with E-state index < -0.39 is 5.60 Å². The largest absolute Gasteiger partial charge is 0.389 e. The van der Waals surface area contributed by atoms with E-state index in [1.807, 2.05) is 12.1 Å². The molecule has 3 atom stereocenters. The van der Waals surface area contributed by atoms with Gasteiger partial charge in [0.1, 0.15) is 5.82 Å². The molecule has 6 rings (SSSR count). The van der Waals surface area contributed by atoms with E-state index in [1.165, 1.54) is 23.1 Å².